The van der Waals surface area contributed by atoms with Crippen LogP contribution in [0, 0.1) is 5.92 Å². The highest BCUT2D eigenvalue weighted by Gasteiger charge is 2.20. The molecule has 1 aliphatic rings. The van der Waals surface area contributed by atoms with Gasteiger partial charge in [0.2, 0.25) is 0 Å². The molecule has 2 rings (SSSR count). The Morgan fingerprint density at radius 3 is 2.43 bits per heavy atom. The maximum Gasteiger partial charge on any atom is 0.133 e. The van der Waals surface area contributed by atoms with Crippen molar-refractivity contribution in [1.82, 2.24) is 9.97 Å². The first-order valence-corrected chi connectivity index (χ1v) is 8.25. The molecule has 1 heterocycles. The lowest BCUT2D eigenvalue weighted by atomic mass is 10.3. The van der Waals surface area contributed by atoms with E-state index in [0.29, 0.717) is 0 Å². The van der Waals surface area contributed by atoms with Crippen LogP contribution in [0.1, 0.15) is 45.4 Å². The van der Waals surface area contributed by atoms with Gasteiger partial charge in [-0.05, 0) is 31.6 Å². The Hall–Kier alpha value is -1.36. The van der Waals surface area contributed by atoms with Crippen LogP contribution in [-0.4, -0.2) is 36.3 Å². The van der Waals surface area contributed by atoms with Crippen LogP contribution in [0.5, 0.6) is 0 Å². The van der Waals surface area contributed by atoms with E-state index in [-0.39, 0.29) is 0 Å². The van der Waals surface area contributed by atoms with Crippen LogP contribution < -0.4 is 10.6 Å². The summed E-state index contributed by atoms with van der Waals surface area (Å²) in [6.07, 6.45) is 5.74. The summed E-state index contributed by atoms with van der Waals surface area (Å²) < 4.78 is 5.63. The second kappa shape index (κ2) is 8.82. The Balaban J connectivity index is 1.81. The number of anilines is 2. The topological polar surface area (TPSA) is 59.1 Å². The number of ether oxygens (including phenoxy) is 1. The maximum absolute atomic E-state index is 5.63. The Labute approximate surface area is 127 Å². The minimum absolute atomic E-state index is 0.737. The van der Waals surface area contributed by atoms with Gasteiger partial charge in [0.25, 0.3) is 0 Å². The quantitative estimate of drug-likeness (QED) is 0.614. The van der Waals surface area contributed by atoms with E-state index in [1.807, 2.05) is 6.07 Å². The van der Waals surface area contributed by atoms with Crippen molar-refractivity contribution in [1.29, 1.82) is 0 Å². The number of aromatic nitrogens is 2. The highest BCUT2D eigenvalue weighted by atomic mass is 16.5. The molecule has 0 atom stereocenters. The SMILES string of the molecule is CCCNc1cc(NCCOCC2CC2)nc(CCC)n1. The Kier molecular flexibility index (Phi) is 6.73. The molecule has 0 spiro atoms. The molecule has 0 radical (unpaired) electrons. The van der Waals surface area contributed by atoms with E-state index in [9.17, 15) is 0 Å². The van der Waals surface area contributed by atoms with E-state index in [4.69, 9.17) is 4.74 Å². The van der Waals surface area contributed by atoms with E-state index in [1.54, 1.807) is 0 Å². The zero-order valence-corrected chi connectivity index (χ0v) is 13.3. The number of nitrogens with zero attached hydrogens (tertiary/aromatic N) is 2. The minimum Gasteiger partial charge on any atom is -0.379 e. The highest BCUT2D eigenvalue weighted by Crippen LogP contribution is 2.28. The fraction of sp³-hybridized carbons (Fsp3) is 0.750. The summed E-state index contributed by atoms with van der Waals surface area (Å²) in [4.78, 5) is 9.10. The summed E-state index contributed by atoms with van der Waals surface area (Å²) in [5.41, 5.74) is 0. The zero-order chi connectivity index (χ0) is 14.9. The zero-order valence-electron chi connectivity index (χ0n) is 13.3. The maximum atomic E-state index is 5.63. The van der Waals surface area contributed by atoms with Gasteiger partial charge in [-0.1, -0.05) is 13.8 Å². The van der Waals surface area contributed by atoms with Gasteiger partial charge in [-0.2, -0.15) is 0 Å². The van der Waals surface area contributed by atoms with Crippen LogP contribution in [0.4, 0.5) is 11.6 Å². The van der Waals surface area contributed by atoms with E-state index >= 15 is 0 Å². The van der Waals surface area contributed by atoms with Gasteiger partial charge in [0.1, 0.15) is 17.5 Å². The number of aryl methyl sites for hydroxylation is 1. The number of hydrogen-bond donors (Lipinski definition) is 2. The first kappa shape index (κ1) is 16.0. The number of rotatable bonds is 11. The van der Waals surface area contributed by atoms with Gasteiger partial charge in [0.15, 0.2) is 0 Å². The Morgan fingerprint density at radius 1 is 1.10 bits per heavy atom. The third kappa shape index (κ3) is 6.29. The fourth-order valence-corrected chi connectivity index (χ4v) is 2.05. The molecule has 5 nitrogen and oxygen atoms in total. The van der Waals surface area contributed by atoms with E-state index < -0.39 is 0 Å². The molecule has 5 heteroatoms. The number of hydrogen-bond acceptors (Lipinski definition) is 5. The molecule has 0 saturated heterocycles. The fourth-order valence-electron chi connectivity index (χ4n) is 2.05. The smallest absolute Gasteiger partial charge is 0.133 e. The largest absolute Gasteiger partial charge is 0.379 e. The van der Waals surface area contributed by atoms with Gasteiger partial charge in [-0.3, -0.25) is 0 Å². The van der Waals surface area contributed by atoms with Gasteiger partial charge in [0.05, 0.1) is 6.61 Å². The van der Waals surface area contributed by atoms with Gasteiger partial charge in [-0.15, -0.1) is 0 Å². The Morgan fingerprint density at radius 2 is 1.81 bits per heavy atom. The van der Waals surface area contributed by atoms with Gasteiger partial charge in [-0.25, -0.2) is 9.97 Å². The molecule has 1 aromatic rings. The van der Waals surface area contributed by atoms with Crippen molar-refractivity contribution < 1.29 is 4.74 Å². The van der Waals surface area contributed by atoms with Gasteiger partial charge < -0.3 is 15.4 Å². The van der Waals surface area contributed by atoms with Crippen molar-refractivity contribution in [3.05, 3.63) is 11.9 Å². The van der Waals surface area contributed by atoms with Crippen molar-refractivity contribution in [2.45, 2.75) is 46.0 Å². The third-order valence-corrected chi connectivity index (χ3v) is 3.41. The third-order valence-electron chi connectivity index (χ3n) is 3.41. The first-order valence-electron chi connectivity index (χ1n) is 8.25. The summed E-state index contributed by atoms with van der Waals surface area (Å²) in [6, 6.07) is 1.98. The summed E-state index contributed by atoms with van der Waals surface area (Å²) >= 11 is 0. The van der Waals surface area contributed by atoms with Crippen molar-refractivity contribution in [3.63, 3.8) is 0 Å². The van der Waals surface area contributed by atoms with E-state index in [0.717, 1.165) is 68.9 Å². The predicted molar refractivity (Wildman–Crippen MR) is 86.8 cm³/mol. The summed E-state index contributed by atoms with van der Waals surface area (Å²) in [5, 5.41) is 6.67. The molecule has 21 heavy (non-hydrogen) atoms. The summed E-state index contributed by atoms with van der Waals surface area (Å²) in [6.45, 7) is 7.68. The van der Waals surface area contributed by atoms with Crippen LogP contribution in [-0.2, 0) is 11.2 Å². The molecule has 0 bridgehead atoms. The van der Waals surface area contributed by atoms with Crippen LogP contribution in [0.3, 0.4) is 0 Å². The molecule has 1 aliphatic carbocycles. The van der Waals surface area contributed by atoms with Crippen LogP contribution in [0.2, 0.25) is 0 Å². The Bertz CT molecular complexity index is 421. The normalized spacial score (nSPS) is 14.2. The predicted octanol–water partition coefficient (Wildman–Crippen LogP) is 3.09. The lowest BCUT2D eigenvalue weighted by Gasteiger charge is -2.11. The molecule has 1 fully saturated rings. The van der Waals surface area contributed by atoms with Crippen LogP contribution in [0.15, 0.2) is 6.07 Å². The summed E-state index contributed by atoms with van der Waals surface area (Å²) in [5.74, 6) is 3.53. The van der Waals surface area contributed by atoms with Crippen LogP contribution in [0.25, 0.3) is 0 Å². The highest BCUT2D eigenvalue weighted by molar-refractivity contribution is 5.47. The summed E-state index contributed by atoms with van der Waals surface area (Å²) in [7, 11) is 0. The molecular weight excluding hydrogens is 264 g/mol. The molecule has 118 valence electrons. The monoisotopic (exact) mass is 292 g/mol. The molecule has 2 N–H and O–H groups in total. The molecule has 0 unspecified atom stereocenters. The van der Waals surface area contributed by atoms with Crippen molar-refractivity contribution in [2.24, 2.45) is 5.92 Å². The molecular formula is C16H28N4O. The average molecular weight is 292 g/mol. The van der Waals surface area contributed by atoms with Gasteiger partial charge >= 0.3 is 0 Å². The first-order chi connectivity index (χ1) is 10.3. The minimum atomic E-state index is 0.737. The molecule has 0 amide bonds. The lowest BCUT2D eigenvalue weighted by molar-refractivity contribution is 0.134. The van der Waals surface area contributed by atoms with Gasteiger partial charge in [0, 0.05) is 32.2 Å². The van der Waals surface area contributed by atoms with Crippen LogP contribution >= 0.6 is 0 Å². The van der Waals surface area contributed by atoms with Crippen molar-refractivity contribution in [3.8, 4) is 0 Å². The second-order valence-corrected chi connectivity index (χ2v) is 5.68. The van der Waals surface area contributed by atoms with Crippen molar-refractivity contribution in [2.75, 3.05) is 36.9 Å². The second-order valence-electron chi connectivity index (χ2n) is 5.68. The van der Waals surface area contributed by atoms with E-state index in [1.165, 1.54) is 12.8 Å². The van der Waals surface area contributed by atoms with Crippen molar-refractivity contribution >= 4 is 11.6 Å². The lowest BCUT2D eigenvalue weighted by Crippen LogP contribution is -2.13. The van der Waals surface area contributed by atoms with E-state index in [2.05, 4.69) is 34.4 Å². The molecule has 1 aromatic heterocycles. The molecule has 0 aliphatic heterocycles. The standard InChI is InChI=1S/C16H28N4O/c1-3-5-14-19-15(17-8-4-2)11-16(20-14)18-9-10-21-12-13-6-7-13/h11,13H,3-10,12H2,1-2H3,(H2,17,18,19,20). The molecule has 1 saturated carbocycles. The average Bonchev–Trinajstić information content (AvgIpc) is 3.29. The number of nitrogens with one attached hydrogen (secondary N) is 2. The molecule has 0 aromatic carbocycles.